The van der Waals surface area contributed by atoms with E-state index < -0.39 is 10.0 Å². The van der Waals surface area contributed by atoms with E-state index in [1.54, 1.807) is 4.90 Å². The van der Waals surface area contributed by atoms with E-state index in [-0.39, 0.29) is 24.3 Å². The van der Waals surface area contributed by atoms with Crippen molar-refractivity contribution in [3.05, 3.63) is 35.6 Å². The first-order valence-corrected chi connectivity index (χ1v) is 8.77. The van der Waals surface area contributed by atoms with Gasteiger partial charge in [-0.2, -0.15) is 0 Å². The van der Waals surface area contributed by atoms with E-state index in [9.17, 15) is 17.6 Å². The molecule has 1 aromatic carbocycles. The SMILES string of the molecule is CS(=O)(=O)NC[C@@H]1CCCCN1C(=O)c1ccc(F)cc1. The third-order valence-electron chi connectivity index (χ3n) is 3.56. The largest absolute Gasteiger partial charge is 0.334 e. The summed E-state index contributed by atoms with van der Waals surface area (Å²) in [5.74, 6) is -0.574. The van der Waals surface area contributed by atoms with Gasteiger partial charge < -0.3 is 4.90 Å². The molecule has 0 saturated carbocycles. The molecular weight excluding hydrogens is 295 g/mol. The van der Waals surface area contributed by atoms with Gasteiger partial charge in [0, 0.05) is 24.7 Å². The molecule has 1 atom stereocenters. The Morgan fingerprint density at radius 3 is 2.62 bits per heavy atom. The number of carbonyl (C=O) groups excluding carboxylic acids is 1. The number of likely N-dealkylation sites (tertiary alicyclic amines) is 1. The fraction of sp³-hybridized carbons (Fsp3) is 0.500. The highest BCUT2D eigenvalue weighted by Gasteiger charge is 2.27. The van der Waals surface area contributed by atoms with Gasteiger partial charge >= 0.3 is 0 Å². The number of rotatable bonds is 4. The van der Waals surface area contributed by atoms with E-state index in [1.165, 1.54) is 24.3 Å². The summed E-state index contributed by atoms with van der Waals surface area (Å²) in [6.45, 7) is 0.804. The molecule has 0 unspecified atom stereocenters. The highest BCUT2D eigenvalue weighted by atomic mass is 32.2. The number of amides is 1. The average molecular weight is 314 g/mol. The Morgan fingerprint density at radius 2 is 2.00 bits per heavy atom. The second-order valence-corrected chi connectivity index (χ2v) is 7.11. The Labute approximate surface area is 124 Å². The molecule has 1 N–H and O–H groups in total. The number of carbonyl (C=O) groups is 1. The van der Waals surface area contributed by atoms with E-state index in [0.29, 0.717) is 12.1 Å². The van der Waals surface area contributed by atoms with Crippen LogP contribution in [-0.4, -0.2) is 44.6 Å². The van der Waals surface area contributed by atoms with Gasteiger partial charge in [-0.15, -0.1) is 0 Å². The van der Waals surface area contributed by atoms with Crippen molar-refractivity contribution in [1.29, 1.82) is 0 Å². The Balaban J connectivity index is 2.10. The first-order chi connectivity index (χ1) is 9.87. The molecule has 1 amide bonds. The van der Waals surface area contributed by atoms with E-state index in [1.807, 2.05) is 0 Å². The van der Waals surface area contributed by atoms with Crippen LogP contribution in [0.25, 0.3) is 0 Å². The fourth-order valence-electron chi connectivity index (χ4n) is 2.49. The molecule has 0 spiro atoms. The molecule has 0 aromatic heterocycles. The lowest BCUT2D eigenvalue weighted by atomic mass is 10.0. The van der Waals surface area contributed by atoms with Crippen molar-refractivity contribution in [2.75, 3.05) is 19.3 Å². The van der Waals surface area contributed by atoms with Crippen molar-refractivity contribution < 1.29 is 17.6 Å². The maximum Gasteiger partial charge on any atom is 0.254 e. The second kappa shape index (κ2) is 6.53. The predicted molar refractivity (Wildman–Crippen MR) is 77.9 cm³/mol. The lowest BCUT2D eigenvalue weighted by Gasteiger charge is -2.35. The third-order valence-corrected chi connectivity index (χ3v) is 4.25. The molecule has 1 heterocycles. The molecule has 7 heteroatoms. The van der Waals surface area contributed by atoms with E-state index in [2.05, 4.69) is 4.72 Å². The second-order valence-electron chi connectivity index (χ2n) is 5.28. The zero-order valence-electron chi connectivity index (χ0n) is 11.9. The van der Waals surface area contributed by atoms with Crippen LogP contribution in [0.2, 0.25) is 0 Å². The Hall–Kier alpha value is -1.47. The summed E-state index contributed by atoms with van der Waals surface area (Å²) in [6.07, 6.45) is 3.71. The summed E-state index contributed by atoms with van der Waals surface area (Å²) in [6, 6.07) is 5.24. The van der Waals surface area contributed by atoms with Crippen molar-refractivity contribution in [2.45, 2.75) is 25.3 Å². The van der Waals surface area contributed by atoms with Crippen LogP contribution in [0.1, 0.15) is 29.6 Å². The molecule has 1 aliphatic heterocycles. The van der Waals surface area contributed by atoms with E-state index >= 15 is 0 Å². The van der Waals surface area contributed by atoms with Crippen LogP contribution in [0.3, 0.4) is 0 Å². The van der Waals surface area contributed by atoms with Crippen molar-refractivity contribution in [1.82, 2.24) is 9.62 Å². The maximum absolute atomic E-state index is 12.9. The molecular formula is C14H19FN2O3S. The van der Waals surface area contributed by atoms with E-state index in [4.69, 9.17) is 0 Å². The molecule has 1 fully saturated rings. The molecule has 0 aliphatic carbocycles. The maximum atomic E-state index is 12.9. The Kier molecular flexibility index (Phi) is 4.95. The molecule has 1 saturated heterocycles. The van der Waals surface area contributed by atoms with Crippen LogP contribution in [0.5, 0.6) is 0 Å². The summed E-state index contributed by atoms with van der Waals surface area (Å²) >= 11 is 0. The summed E-state index contributed by atoms with van der Waals surface area (Å²) in [5, 5.41) is 0. The van der Waals surface area contributed by atoms with Crippen LogP contribution in [0.4, 0.5) is 4.39 Å². The first-order valence-electron chi connectivity index (χ1n) is 6.88. The van der Waals surface area contributed by atoms with Crippen LogP contribution >= 0.6 is 0 Å². The van der Waals surface area contributed by atoms with Crippen molar-refractivity contribution in [3.63, 3.8) is 0 Å². The van der Waals surface area contributed by atoms with Crippen LogP contribution < -0.4 is 4.72 Å². The lowest BCUT2D eigenvalue weighted by molar-refractivity contribution is 0.0618. The number of nitrogens with zero attached hydrogens (tertiary/aromatic N) is 1. The number of piperidine rings is 1. The Morgan fingerprint density at radius 1 is 1.33 bits per heavy atom. The highest BCUT2D eigenvalue weighted by molar-refractivity contribution is 7.88. The van der Waals surface area contributed by atoms with Crippen molar-refractivity contribution in [3.8, 4) is 0 Å². The summed E-state index contributed by atoms with van der Waals surface area (Å²) < 4.78 is 37.8. The molecule has 0 bridgehead atoms. The highest BCUT2D eigenvalue weighted by Crippen LogP contribution is 2.19. The summed E-state index contributed by atoms with van der Waals surface area (Å²) in [7, 11) is -3.28. The zero-order chi connectivity index (χ0) is 15.5. The third kappa shape index (κ3) is 4.50. The van der Waals surface area contributed by atoms with Gasteiger partial charge in [-0.3, -0.25) is 4.79 Å². The zero-order valence-corrected chi connectivity index (χ0v) is 12.7. The van der Waals surface area contributed by atoms with Crippen molar-refractivity contribution >= 4 is 15.9 Å². The molecule has 5 nitrogen and oxygen atoms in total. The minimum Gasteiger partial charge on any atom is -0.334 e. The molecule has 21 heavy (non-hydrogen) atoms. The average Bonchev–Trinajstić information content (AvgIpc) is 2.45. The number of halogens is 1. The normalized spacial score (nSPS) is 19.5. The van der Waals surface area contributed by atoms with Crippen LogP contribution in [-0.2, 0) is 10.0 Å². The molecule has 116 valence electrons. The van der Waals surface area contributed by atoms with Crippen LogP contribution in [0, 0.1) is 5.82 Å². The van der Waals surface area contributed by atoms with Gasteiger partial charge in [-0.25, -0.2) is 17.5 Å². The molecule has 0 radical (unpaired) electrons. The molecule has 1 aromatic rings. The van der Waals surface area contributed by atoms with Crippen molar-refractivity contribution in [2.24, 2.45) is 0 Å². The van der Waals surface area contributed by atoms with Gasteiger partial charge in [0.05, 0.1) is 6.26 Å². The smallest absolute Gasteiger partial charge is 0.254 e. The number of sulfonamides is 1. The van der Waals surface area contributed by atoms with Gasteiger partial charge in [-0.05, 0) is 43.5 Å². The van der Waals surface area contributed by atoms with Gasteiger partial charge in [0.2, 0.25) is 10.0 Å². The number of hydrogen-bond acceptors (Lipinski definition) is 3. The first kappa shape index (κ1) is 15.9. The van der Waals surface area contributed by atoms with Gasteiger partial charge in [0.25, 0.3) is 5.91 Å². The number of hydrogen-bond donors (Lipinski definition) is 1. The quantitative estimate of drug-likeness (QED) is 0.913. The topological polar surface area (TPSA) is 66.5 Å². The van der Waals surface area contributed by atoms with Gasteiger partial charge in [0.1, 0.15) is 5.82 Å². The van der Waals surface area contributed by atoms with E-state index in [0.717, 1.165) is 25.5 Å². The minimum absolute atomic E-state index is 0.161. The Bertz CT molecular complexity index is 601. The van der Waals surface area contributed by atoms with Crippen LogP contribution in [0.15, 0.2) is 24.3 Å². The predicted octanol–water partition coefficient (Wildman–Crippen LogP) is 1.37. The number of nitrogens with one attached hydrogen (secondary N) is 1. The summed E-state index contributed by atoms with van der Waals surface area (Å²) in [5.41, 5.74) is 0.419. The fourth-order valence-corrected chi connectivity index (χ4v) is 2.98. The summed E-state index contributed by atoms with van der Waals surface area (Å²) in [4.78, 5) is 14.1. The minimum atomic E-state index is -3.28. The molecule has 2 rings (SSSR count). The monoisotopic (exact) mass is 314 g/mol. The standard InChI is InChI=1S/C14H19FN2O3S/c1-21(19,20)16-10-13-4-2-3-9-17(13)14(18)11-5-7-12(15)8-6-11/h5-8,13,16H,2-4,9-10H2,1H3/t13-/m0/s1. The van der Waals surface area contributed by atoms with Gasteiger partial charge in [0.15, 0.2) is 0 Å². The lowest BCUT2D eigenvalue weighted by Crippen LogP contribution is -2.49. The molecule has 1 aliphatic rings. The van der Waals surface area contributed by atoms with Gasteiger partial charge in [-0.1, -0.05) is 0 Å². The number of benzene rings is 1.